The van der Waals surface area contributed by atoms with Gasteiger partial charge in [0.05, 0.1) is 12.6 Å². The highest BCUT2D eigenvalue weighted by Crippen LogP contribution is 2.24. The van der Waals surface area contributed by atoms with Crippen molar-refractivity contribution in [1.82, 2.24) is 4.98 Å². The number of ether oxygens (including phenoxy) is 1. The largest absolute Gasteiger partial charge is 0.496 e. The molecule has 5 nitrogen and oxygen atoms in total. The Morgan fingerprint density at radius 2 is 1.80 bits per heavy atom. The SMILES string of the molecule is COc1ccccc1CNc1ccc2c(C(=NO)c3ccc(F)cc3)cccc2n1. The first kappa shape index (κ1) is 19.4. The highest BCUT2D eigenvalue weighted by molar-refractivity contribution is 6.18. The van der Waals surface area contributed by atoms with Crippen molar-refractivity contribution < 1.29 is 14.3 Å². The minimum atomic E-state index is -0.346. The zero-order valence-corrected chi connectivity index (χ0v) is 16.3. The molecule has 0 spiro atoms. The summed E-state index contributed by atoms with van der Waals surface area (Å²) < 4.78 is 18.7. The lowest BCUT2D eigenvalue weighted by Gasteiger charge is -2.12. The van der Waals surface area contributed by atoms with E-state index in [0.29, 0.717) is 23.4 Å². The summed E-state index contributed by atoms with van der Waals surface area (Å²) in [5, 5.41) is 17.2. The molecule has 30 heavy (non-hydrogen) atoms. The van der Waals surface area contributed by atoms with E-state index >= 15 is 0 Å². The van der Waals surface area contributed by atoms with E-state index in [4.69, 9.17) is 4.74 Å². The number of methoxy groups -OCH3 is 1. The second kappa shape index (κ2) is 8.61. The first-order valence-corrected chi connectivity index (χ1v) is 9.43. The Bertz CT molecular complexity index is 1210. The van der Waals surface area contributed by atoms with Crippen LogP contribution >= 0.6 is 0 Å². The number of anilines is 1. The van der Waals surface area contributed by atoms with Gasteiger partial charge in [-0.15, -0.1) is 0 Å². The summed E-state index contributed by atoms with van der Waals surface area (Å²) in [6.45, 7) is 0.571. The van der Waals surface area contributed by atoms with E-state index in [-0.39, 0.29) is 5.82 Å². The van der Waals surface area contributed by atoms with Crippen LogP contribution in [0.3, 0.4) is 0 Å². The van der Waals surface area contributed by atoms with Gasteiger partial charge in [-0.25, -0.2) is 9.37 Å². The quantitative estimate of drug-likeness (QED) is 0.264. The fourth-order valence-corrected chi connectivity index (χ4v) is 3.37. The van der Waals surface area contributed by atoms with Crippen LogP contribution in [-0.4, -0.2) is 23.0 Å². The normalized spacial score (nSPS) is 11.5. The van der Waals surface area contributed by atoms with Gasteiger partial charge in [0.15, 0.2) is 0 Å². The van der Waals surface area contributed by atoms with Crippen LogP contribution in [0.15, 0.2) is 84.0 Å². The van der Waals surface area contributed by atoms with E-state index in [0.717, 1.165) is 28.0 Å². The maximum absolute atomic E-state index is 13.3. The molecule has 1 aromatic heterocycles. The molecule has 4 aromatic rings. The lowest BCUT2D eigenvalue weighted by Crippen LogP contribution is -2.06. The summed E-state index contributed by atoms with van der Waals surface area (Å²) in [4.78, 5) is 4.68. The summed E-state index contributed by atoms with van der Waals surface area (Å²) in [6.07, 6.45) is 0. The average Bonchev–Trinajstić information content (AvgIpc) is 2.79. The number of rotatable bonds is 6. The van der Waals surface area contributed by atoms with Gasteiger partial charge >= 0.3 is 0 Å². The van der Waals surface area contributed by atoms with Crippen LogP contribution in [0.5, 0.6) is 5.75 Å². The lowest BCUT2D eigenvalue weighted by molar-refractivity contribution is 0.319. The molecule has 3 aromatic carbocycles. The molecule has 0 radical (unpaired) electrons. The smallest absolute Gasteiger partial charge is 0.126 e. The molecule has 0 atom stereocenters. The van der Waals surface area contributed by atoms with E-state index in [1.54, 1.807) is 19.2 Å². The number of hydrogen-bond acceptors (Lipinski definition) is 5. The average molecular weight is 401 g/mol. The number of aromatic nitrogens is 1. The number of pyridine rings is 1. The number of nitrogens with zero attached hydrogens (tertiary/aromatic N) is 2. The topological polar surface area (TPSA) is 66.7 Å². The van der Waals surface area contributed by atoms with Gasteiger partial charge < -0.3 is 15.3 Å². The Hall–Kier alpha value is -3.93. The lowest BCUT2D eigenvalue weighted by atomic mass is 9.98. The predicted octanol–water partition coefficient (Wildman–Crippen LogP) is 5.22. The third kappa shape index (κ3) is 3.93. The maximum atomic E-state index is 13.3. The van der Waals surface area contributed by atoms with Crippen molar-refractivity contribution in [3.8, 4) is 5.75 Å². The van der Waals surface area contributed by atoms with E-state index in [9.17, 15) is 9.60 Å². The molecular formula is C24H20FN3O2. The molecule has 0 aliphatic rings. The molecular weight excluding hydrogens is 381 g/mol. The van der Waals surface area contributed by atoms with Crippen molar-refractivity contribution in [3.63, 3.8) is 0 Å². The Balaban J connectivity index is 1.64. The van der Waals surface area contributed by atoms with Crippen LogP contribution < -0.4 is 10.1 Å². The zero-order chi connectivity index (χ0) is 20.9. The molecule has 0 aliphatic carbocycles. The minimum Gasteiger partial charge on any atom is -0.496 e. The predicted molar refractivity (Wildman–Crippen MR) is 116 cm³/mol. The Kier molecular flexibility index (Phi) is 5.57. The molecule has 0 saturated heterocycles. The van der Waals surface area contributed by atoms with Gasteiger partial charge in [0, 0.05) is 28.6 Å². The first-order chi connectivity index (χ1) is 14.7. The second-order valence-electron chi connectivity index (χ2n) is 6.69. The molecule has 0 unspecified atom stereocenters. The number of halogens is 1. The third-order valence-electron chi connectivity index (χ3n) is 4.86. The standard InChI is InChI=1S/C24H20FN3O2/c1-30-22-8-3-2-5-17(22)15-26-23-14-13-19-20(6-4-7-21(19)27-23)24(28-29)16-9-11-18(25)12-10-16/h2-14,29H,15H2,1H3,(H,26,27). The molecule has 0 aliphatic heterocycles. The molecule has 0 amide bonds. The van der Waals surface area contributed by atoms with Crippen molar-refractivity contribution in [1.29, 1.82) is 0 Å². The number of nitrogens with one attached hydrogen (secondary N) is 1. The molecule has 1 heterocycles. The van der Waals surface area contributed by atoms with Crippen molar-refractivity contribution >= 4 is 22.4 Å². The highest BCUT2D eigenvalue weighted by Gasteiger charge is 2.13. The van der Waals surface area contributed by atoms with Crippen molar-refractivity contribution in [3.05, 3.63) is 101 Å². The fraction of sp³-hybridized carbons (Fsp3) is 0.0833. The summed E-state index contributed by atoms with van der Waals surface area (Å²) in [7, 11) is 1.65. The van der Waals surface area contributed by atoms with E-state index in [1.165, 1.54) is 12.1 Å². The molecule has 4 rings (SSSR count). The first-order valence-electron chi connectivity index (χ1n) is 9.43. The van der Waals surface area contributed by atoms with Crippen LogP contribution in [0.4, 0.5) is 10.2 Å². The van der Waals surface area contributed by atoms with Crippen LogP contribution in [0.1, 0.15) is 16.7 Å². The monoisotopic (exact) mass is 401 g/mol. The molecule has 6 heteroatoms. The van der Waals surface area contributed by atoms with E-state index in [1.807, 2.05) is 54.6 Å². The number of hydrogen-bond donors (Lipinski definition) is 2. The van der Waals surface area contributed by atoms with Crippen LogP contribution in [0.25, 0.3) is 10.9 Å². The summed E-state index contributed by atoms with van der Waals surface area (Å²) in [5.74, 6) is 1.19. The molecule has 2 N–H and O–H groups in total. The van der Waals surface area contributed by atoms with Crippen molar-refractivity contribution in [2.45, 2.75) is 6.54 Å². The van der Waals surface area contributed by atoms with E-state index in [2.05, 4.69) is 15.5 Å². The fourth-order valence-electron chi connectivity index (χ4n) is 3.37. The molecule has 0 saturated carbocycles. The van der Waals surface area contributed by atoms with Crippen molar-refractivity contribution in [2.75, 3.05) is 12.4 Å². The Labute approximate surface area is 173 Å². The van der Waals surface area contributed by atoms with Crippen LogP contribution in [0, 0.1) is 5.82 Å². The van der Waals surface area contributed by atoms with Crippen LogP contribution in [0.2, 0.25) is 0 Å². The van der Waals surface area contributed by atoms with Gasteiger partial charge in [-0.05, 0) is 48.5 Å². The van der Waals surface area contributed by atoms with Crippen molar-refractivity contribution in [2.24, 2.45) is 5.16 Å². The Morgan fingerprint density at radius 1 is 1.00 bits per heavy atom. The maximum Gasteiger partial charge on any atom is 0.126 e. The van der Waals surface area contributed by atoms with Crippen LogP contribution in [-0.2, 0) is 6.54 Å². The number of fused-ring (bicyclic) bond motifs is 1. The highest BCUT2D eigenvalue weighted by atomic mass is 19.1. The summed E-state index contributed by atoms with van der Waals surface area (Å²) >= 11 is 0. The van der Waals surface area contributed by atoms with Gasteiger partial charge in [-0.1, -0.05) is 35.5 Å². The van der Waals surface area contributed by atoms with Gasteiger partial charge in [0.25, 0.3) is 0 Å². The van der Waals surface area contributed by atoms with Gasteiger partial charge in [-0.2, -0.15) is 0 Å². The van der Waals surface area contributed by atoms with E-state index < -0.39 is 0 Å². The second-order valence-corrected chi connectivity index (χ2v) is 6.69. The Morgan fingerprint density at radius 3 is 2.57 bits per heavy atom. The number of benzene rings is 3. The van der Waals surface area contributed by atoms with Gasteiger partial charge in [0.2, 0.25) is 0 Å². The minimum absolute atomic E-state index is 0.346. The summed E-state index contributed by atoms with van der Waals surface area (Å²) in [6, 6.07) is 23.1. The third-order valence-corrected chi connectivity index (χ3v) is 4.86. The number of oxime groups is 1. The number of para-hydroxylation sites is 1. The molecule has 0 bridgehead atoms. The van der Waals surface area contributed by atoms with Gasteiger partial charge in [-0.3, -0.25) is 0 Å². The zero-order valence-electron chi connectivity index (χ0n) is 16.3. The van der Waals surface area contributed by atoms with Gasteiger partial charge in [0.1, 0.15) is 23.1 Å². The summed E-state index contributed by atoms with van der Waals surface area (Å²) in [5.41, 5.74) is 3.47. The molecule has 0 fully saturated rings. The molecule has 150 valence electrons.